The van der Waals surface area contributed by atoms with E-state index < -0.39 is 0 Å². The summed E-state index contributed by atoms with van der Waals surface area (Å²) in [5, 5.41) is 10.1. The van der Waals surface area contributed by atoms with Gasteiger partial charge in [-0.1, -0.05) is 30.3 Å². The maximum absolute atomic E-state index is 9.13. The lowest BCUT2D eigenvalue weighted by atomic mass is 10.1. The molecular formula is C17H14N2O. The number of nitrogens with one attached hydrogen (secondary N) is 1. The maximum atomic E-state index is 9.13. The van der Waals surface area contributed by atoms with Gasteiger partial charge in [0.05, 0.1) is 11.1 Å². The van der Waals surface area contributed by atoms with Crippen molar-refractivity contribution in [3.8, 4) is 11.8 Å². The highest BCUT2D eigenvalue weighted by atomic mass is 16.5. The lowest BCUT2D eigenvalue weighted by molar-refractivity contribution is 0.310. The van der Waals surface area contributed by atoms with Crippen LogP contribution in [0, 0.1) is 18.3 Å². The molecule has 0 atom stereocenters. The minimum absolute atomic E-state index is 0.520. The molecule has 98 valence electrons. The van der Waals surface area contributed by atoms with Gasteiger partial charge in [0, 0.05) is 11.1 Å². The molecule has 20 heavy (non-hydrogen) atoms. The lowest BCUT2D eigenvalue weighted by Gasteiger charge is -2.08. The standard InChI is InChI=1S/C17H14N2O/c1-12-9-15-16(8-7-14(10-18)17(15)19-12)20-11-13-5-3-2-4-6-13/h2-9,19H,11H2,1H3. The maximum Gasteiger partial charge on any atom is 0.129 e. The molecule has 0 amide bonds. The Hall–Kier alpha value is -2.73. The van der Waals surface area contributed by atoms with Crippen LogP contribution in [0.4, 0.5) is 0 Å². The minimum atomic E-state index is 0.520. The van der Waals surface area contributed by atoms with Crippen molar-refractivity contribution in [3.05, 3.63) is 65.4 Å². The van der Waals surface area contributed by atoms with Crippen molar-refractivity contribution >= 4 is 10.9 Å². The summed E-state index contributed by atoms with van der Waals surface area (Å²) in [4.78, 5) is 3.21. The average molecular weight is 262 g/mol. The van der Waals surface area contributed by atoms with E-state index in [1.165, 1.54) is 0 Å². The van der Waals surface area contributed by atoms with Gasteiger partial charge >= 0.3 is 0 Å². The van der Waals surface area contributed by atoms with Gasteiger partial charge in [-0.05, 0) is 30.7 Å². The van der Waals surface area contributed by atoms with Crippen molar-refractivity contribution in [2.45, 2.75) is 13.5 Å². The number of aryl methyl sites for hydroxylation is 1. The summed E-state index contributed by atoms with van der Waals surface area (Å²) in [7, 11) is 0. The molecule has 0 saturated heterocycles. The molecule has 0 bridgehead atoms. The number of hydrogen-bond acceptors (Lipinski definition) is 2. The van der Waals surface area contributed by atoms with Crippen LogP contribution in [0.25, 0.3) is 10.9 Å². The SMILES string of the molecule is Cc1cc2c(OCc3ccccc3)ccc(C#N)c2[nH]1. The Morgan fingerprint density at radius 1 is 1.15 bits per heavy atom. The third kappa shape index (κ3) is 2.24. The van der Waals surface area contributed by atoms with E-state index in [1.54, 1.807) is 6.07 Å². The number of aromatic amines is 1. The molecule has 1 heterocycles. The highest BCUT2D eigenvalue weighted by molar-refractivity contribution is 5.91. The van der Waals surface area contributed by atoms with Crippen LogP contribution in [-0.2, 0) is 6.61 Å². The Kier molecular flexibility index (Phi) is 3.14. The van der Waals surface area contributed by atoms with E-state index >= 15 is 0 Å². The Balaban J connectivity index is 1.94. The van der Waals surface area contributed by atoms with Gasteiger partial charge in [-0.15, -0.1) is 0 Å². The predicted octanol–water partition coefficient (Wildman–Crippen LogP) is 3.93. The van der Waals surface area contributed by atoms with Crippen LogP contribution in [0.1, 0.15) is 16.8 Å². The number of H-pyrrole nitrogens is 1. The van der Waals surface area contributed by atoms with Crippen LogP contribution in [0.3, 0.4) is 0 Å². The van der Waals surface area contributed by atoms with Crippen LogP contribution < -0.4 is 4.74 Å². The van der Waals surface area contributed by atoms with Crippen LogP contribution >= 0.6 is 0 Å². The molecule has 3 heteroatoms. The van der Waals surface area contributed by atoms with Crippen molar-refractivity contribution < 1.29 is 4.74 Å². The second-order valence-corrected chi connectivity index (χ2v) is 4.74. The van der Waals surface area contributed by atoms with E-state index in [2.05, 4.69) is 11.1 Å². The molecule has 0 radical (unpaired) electrons. The number of ether oxygens (including phenoxy) is 1. The summed E-state index contributed by atoms with van der Waals surface area (Å²) in [6.07, 6.45) is 0. The van der Waals surface area contributed by atoms with Crippen molar-refractivity contribution in [2.24, 2.45) is 0 Å². The summed E-state index contributed by atoms with van der Waals surface area (Å²) in [5.74, 6) is 0.798. The van der Waals surface area contributed by atoms with Gasteiger partial charge in [-0.3, -0.25) is 0 Å². The van der Waals surface area contributed by atoms with Crippen LogP contribution in [-0.4, -0.2) is 4.98 Å². The fourth-order valence-corrected chi connectivity index (χ4v) is 2.28. The molecule has 0 aliphatic rings. The summed E-state index contributed by atoms with van der Waals surface area (Å²) in [5.41, 5.74) is 3.63. The van der Waals surface area contributed by atoms with E-state index in [1.807, 2.05) is 49.4 Å². The zero-order valence-electron chi connectivity index (χ0n) is 11.2. The summed E-state index contributed by atoms with van der Waals surface area (Å²) in [6, 6.07) is 17.9. The van der Waals surface area contributed by atoms with Crippen molar-refractivity contribution in [2.75, 3.05) is 0 Å². The van der Waals surface area contributed by atoms with Gasteiger partial charge in [-0.2, -0.15) is 5.26 Å². The first-order valence-corrected chi connectivity index (χ1v) is 6.47. The fraction of sp³-hybridized carbons (Fsp3) is 0.118. The molecule has 0 saturated carbocycles. The van der Waals surface area contributed by atoms with Crippen LogP contribution in [0.15, 0.2) is 48.5 Å². The first-order valence-electron chi connectivity index (χ1n) is 6.47. The van der Waals surface area contributed by atoms with Gasteiger partial charge in [-0.25, -0.2) is 0 Å². The Morgan fingerprint density at radius 3 is 2.70 bits per heavy atom. The molecule has 3 rings (SSSR count). The number of nitrogens with zero attached hydrogens (tertiary/aromatic N) is 1. The van der Waals surface area contributed by atoms with E-state index in [0.717, 1.165) is 27.9 Å². The van der Waals surface area contributed by atoms with Crippen LogP contribution in [0.2, 0.25) is 0 Å². The fourth-order valence-electron chi connectivity index (χ4n) is 2.28. The normalized spacial score (nSPS) is 10.4. The second kappa shape index (κ2) is 5.10. The Labute approximate surface area is 117 Å². The summed E-state index contributed by atoms with van der Waals surface area (Å²) < 4.78 is 5.89. The molecule has 3 aromatic rings. The number of hydrogen-bond donors (Lipinski definition) is 1. The molecule has 3 nitrogen and oxygen atoms in total. The van der Waals surface area contributed by atoms with E-state index in [9.17, 15) is 0 Å². The Bertz CT molecular complexity index is 782. The van der Waals surface area contributed by atoms with E-state index in [0.29, 0.717) is 12.2 Å². The number of aromatic nitrogens is 1. The lowest BCUT2D eigenvalue weighted by Crippen LogP contribution is -1.95. The topological polar surface area (TPSA) is 48.8 Å². The van der Waals surface area contributed by atoms with Gasteiger partial charge in [0.25, 0.3) is 0 Å². The zero-order chi connectivity index (χ0) is 13.9. The first-order chi connectivity index (χ1) is 9.78. The molecule has 1 aromatic heterocycles. The number of nitriles is 1. The molecule has 0 unspecified atom stereocenters. The number of fused-ring (bicyclic) bond motifs is 1. The number of benzene rings is 2. The molecule has 0 aliphatic heterocycles. The third-order valence-corrected chi connectivity index (χ3v) is 3.25. The molecule has 0 fully saturated rings. The van der Waals surface area contributed by atoms with Crippen LogP contribution in [0.5, 0.6) is 5.75 Å². The van der Waals surface area contributed by atoms with E-state index in [4.69, 9.17) is 10.00 Å². The summed E-state index contributed by atoms with van der Waals surface area (Å²) >= 11 is 0. The van der Waals surface area contributed by atoms with E-state index in [-0.39, 0.29) is 0 Å². The second-order valence-electron chi connectivity index (χ2n) is 4.74. The van der Waals surface area contributed by atoms with Crippen molar-refractivity contribution in [3.63, 3.8) is 0 Å². The number of rotatable bonds is 3. The van der Waals surface area contributed by atoms with Gasteiger partial charge < -0.3 is 9.72 Å². The van der Waals surface area contributed by atoms with Gasteiger partial charge in [0.1, 0.15) is 18.4 Å². The molecule has 1 N–H and O–H groups in total. The van der Waals surface area contributed by atoms with Gasteiger partial charge in [0.15, 0.2) is 0 Å². The smallest absolute Gasteiger partial charge is 0.129 e. The summed E-state index contributed by atoms with van der Waals surface area (Å²) in [6.45, 7) is 2.49. The highest BCUT2D eigenvalue weighted by Gasteiger charge is 2.09. The minimum Gasteiger partial charge on any atom is -0.488 e. The third-order valence-electron chi connectivity index (χ3n) is 3.25. The quantitative estimate of drug-likeness (QED) is 0.777. The molecular weight excluding hydrogens is 248 g/mol. The predicted molar refractivity (Wildman–Crippen MR) is 78.5 cm³/mol. The first kappa shape index (κ1) is 12.3. The van der Waals surface area contributed by atoms with Gasteiger partial charge in [0.2, 0.25) is 0 Å². The Morgan fingerprint density at radius 2 is 1.95 bits per heavy atom. The van der Waals surface area contributed by atoms with Crippen molar-refractivity contribution in [1.29, 1.82) is 5.26 Å². The zero-order valence-corrected chi connectivity index (χ0v) is 11.2. The molecule has 0 aliphatic carbocycles. The van der Waals surface area contributed by atoms with Crippen molar-refractivity contribution in [1.82, 2.24) is 4.98 Å². The molecule has 2 aromatic carbocycles. The highest BCUT2D eigenvalue weighted by Crippen LogP contribution is 2.29. The largest absolute Gasteiger partial charge is 0.488 e. The molecule has 0 spiro atoms. The monoisotopic (exact) mass is 262 g/mol. The average Bonchev–Trinajstić information content (AvgIpc) is 2.87.